The lowest BCUT2D eigenvalue weighted by Crippen LogP contribution is -2.29. The molecule has 0 unspecified atom stereocenters. The van der Waals surface area contributed by atoms with Crippen molar-refractivity contribution < 1.29 is 0 Å². The Hall–Kier alpha value is -0.540. The number of hydrogen-bond acceptors (Lipinski definition) is 3. The van der Waals surface area contributed by atoms with Crippen molar-refractivity contribution in [1.82, 2.24) is 9.88 Å². The standard InChI is InChI=1S/C13H20N2S/c1-15(10-11-4-3-7-14-9-11)12-5-6-13(8-12)16-2/h3-4,7,9,12-13H,5-6,8,10H2,1-2H3/t12-,13-/m1/s1. The third-order valence-electron chi connectivity index (χ3n) is 3.47. The minimum Gasteiger partial charge on any atom is -0.299 e. The van der Waals surface area contributed by atoms with Crippen LogP contribution in [0.4, 0.5) is 0 Å². The van der Waals surface area contributed by atoms with Gasteiger partial charge >= 0.3 is 0 Å². The summed E-state index contributed by atoms with van der Waals surface area (Å²) in [7, 11) is 2.24. The van der Waals surface area contributed by atoms with Gasteiger partial charge in [0.25, 0.3) is 0 Å². The van der Waals surface area contributed by atoms with Gasteiger partial charge in [-0.3, -0.25) is 9.88 Å². The van der Waals surface area contributed by atoms with Crippen molar-refractivity contribution in [2.75, 3.05) is 13.3 Å². The van der Waals surface area contributed by atoms with Gasteiger partial charge in [0.2, 0.25) is 0 Å². The van der Waals surface area contributed by atoms with Crippen LogP contribution in [0.15, 0.2) is 24.5 Å². The summed E-state index contributed by atoms with van der Waals surface area (Å²) in [5, 5.41) is 0.876. The summed E-state index contributed by atoms with van der Waals surface area (Å²) < 4.78 is 0. The first-order valence-electron chi connectivity index (χ1n) is 5.91. The van der Waals surface area contributed by atoms with E-state index in [2.05, 4.69) is 29.3 Å². The highest BCUT2D eigenvalue weighted by Crippen LogP contribution is 2.31. The Morgan fingerprint density at radius 3 is 3.00 bits per heavy atom. The molecule has 0 saturated heterocycles. The zero-order valence-corrected chi connectivity index (χ0v) is 10.9. The molecule has 2 nitrogen and oxygen atoms in total. The highest BCUT2D eigenvalue weighted by molar-refractivity contribution is 7.99. The third-order valence-corrected chi connectivity index (χ3v) is 4.56. The molecule has 2 atom stereocenters. The van der Waals surface area contributed by atoms with Crippen LogP contribution in [-0.2, 0) is 6.54 Å². The quantitative estimate of drug-likeness (QED) is 0.799. The van der Waals surface area contributed by atoms with Gasteiger partial charge < -0.3 is 0 Å². The molecule has 1 aromatic heterocycles. The average molecular weight is 236 g/mol. The molecule has 3 heteroatoms. The Morgan fingerprint density at radius 2 is 2.38 bits per heavy atom. The van der Waals surface area contributed by atoms with Crippen LogP contribution in [0.25, 0.3) is 0 Å². The van der Waals surface area contributed by atoms with E-state index in [1.807, 2.05) is 30.2 Å². The lowest BCUT2D eigenvalue weighted by Gasteiger charge is -2.24. The molecule has 0 aromatic carbocycles. The van der Waals surface area contributed by atoms with Gasteiger partial charge in [-0.15, -0.1) is 0 Å². The molecule has 2 rings (SSSR count). The summed E-state index contributed by atoms with van der Waals surface area (Å²) in [5.41, 5.74) is 1.32. The van der Waals surface area contributed by atoms with Crippen LogP contribution in [0.3, 0.4) is 0 Å². The Bertz CT molecular complexity index is 315. The maximum Gasteiger partial charge on any atom is 0.0312 e. The van der Waals surface area contributed by atoms with Crippen LogP contribution in [-0.4, -0.2) is 34.5 Å². The molecule has 1 fully saturated rings. The molecule has 1 aliphatic rings. The first kappa shape index (κ1) is 11.9. The largest absolute Gasteiger partial charge is 0.299 e. The maximum absolute atomic E-state index is 4.16. The molecule has 88 valence electrons. The highest BCUT2D eigenvalue weighted by atomic mass is 32.2. The van der Waals surface area contributed by atoms with E-state index in [0.717, 1.165) is 17.8 Å². The minimum atomic E-state index is 0.762. The fourth-order valence-electron chi connectivity index (χ4n) is 2.44. The van der Waals surface area contributed by atoms with Gasteiger partial charge in [0.15, 0.2) is 0 Å². The number of aromatic nitrogens is 1. The van der Waals surface area contributed by atoms with Crippen molar-refractivity contribution in [3.8, 4) is 0 Å². The second-order valence-corrected chi connectivity index (χ2v) is 5.74. The number of rotatable bonds is 4. The van der Waals surface area contributed by atoms with Crippen LogP contribution < -0.4 is 0 Å². The SMILES string of the molecule is CS[C@@H]1CC[C@@H](N(C)Cc2cccnc2)C1. The molecule has 1 aliphatic carbocycles. The molecule has 0 amide bonds. The summed E-state index contributed by atoms with van der Waals surface area (Å²) in [6, 6.07) is 4.94. The van der Waals surface area contributed by atoms with Gasteiger partial charge in [-0.2, -0.15) is 11.8 Å². The Labute approximate surface area is 102 Å². The summed E-state index contributed by atoms with van der Waals surface area (Å²) in [4.78, 5) is 6.64. The van der Waals surface area contributed by atoms with Gasteiger partial charge in [0.05, 0.1) is 0 Å². The van der Waals surface area contributed by atoms with E-state index in [0.29, 0.717) is 0 Å². The zero-order chi connectivity index (χ0) is 11.4. The smallest absolute Gasteiger partial charge is 0.0312 e. The molecule has 0 bridgehead atoms. The topological polar surface area (TPSA) is 16.1 Å². The first-order chi connectivity index (χ1) is 7.79. The van der Waals surface area contributed by atoms with Gasteiger partial charge in [-0.25, -0.2) is 0 Å². The lowest BCUT2D eigenvalue weighted by atomic mass is 10.2. The summed E-state index contributed by atoms with van der Waals surface area (Å²) in [6.45, 7) is 1.03. The van der Waals surface area contributed by atoms with E-state index in [-0.39, 0.29) is 0 Å². The van der Waals surface area contributed by atoms with E-state index in [1.165, 1.54) is 24.8 Å². The number of nitrogens with zero attached hydrogens (tertiary/aromatic N) is 2. The van der Waals surface area contributed by atoms with Crippen LogP contribution in [0.1, 0.15) is 24.8 Å². The minimum absolute atomic E-state index is 0.762. The fraction of sp³-hybridized carbons (Fsp3) is 0.615. The first-order valence-corrected chi connectivity index (χ1v) is 7.20. The van der Waals surface area contributed by atoms with Gasteiger partial charge in [0, 0.05) is 30.2 Å². The summed E-state index contributed by atoms with van der Waals surface area (Å²) >= 11 is 2.02. The molecule has 1 saturated carbocycles. The molecule has 0 spiro atoms. The molecule has 1 heterocycles. The normalized spacial score (nSPS) is 25.2. The van der Waals surface area contributed by atoms with Gasteiger partial charge in [-0.05, 0) is 44.2 Å². The van der Waals surface area contributed by atoms with Crippen molar-refractivity contribution in [2.45, 2.75) is 37.1 Å². The molecular formula is C13H20N2S. The number of thioether (sulfide) groups is 1. The molecule has 0 N–H and O–H groups in total. The fourth-order valence-corrected chi connectivity index (χ4v) is 3.23. The average Bonchev–Trinajstić information content (AvgIpc) is 2.79. The van der Waals surface area contributed by atoms with Gasteiger partial charge in [0.1, 0.15) is 0 Å². The van der Waals surface area contributed by atoms with Crippen LogP contribution >= 0.6 is 11.8 Å². The number of pyridine rings is 1. The second-order valence-electron chi connectivity index (χ2n) is 4.60. The van der Waals surface area contributed by atoms with E-state index in [9.17, 15) is 0 Å². The Balaban J connectivity index is 1.87. The Morgan fingerprint density at radius 1 is 1.50 bits per heavy atom. The number of hydrogen-bond donors (Lipinski definition) is 0. The van der Waals surface area contributed by atoms with Crippen LogP contribution in [0.5, 0.6) is 0 Å². The van der Waals surface area contributed by atoms with E-state index in [4.69, 9.17) is 0 Å². The Kier molecular flexibility index (Phi) is 4.24. The van der Waals surface area contributed by atoms with Crippen molar-refractivity contribution in [2.24, 2.45) is 0 Å². The van der Waals surface area contributed by atoms with E-state index < -0.39 is 0 Å². The monoisotopic (exact) mass is 236 g/mol. The predicted molar refractivity (Wildman–Crippen MR) is 70.6 cm³/mol. The van der Waals surface area contributed by atoms with Crippen LogP contribution in [0.2, 0.25) is 0 Å². The van der Waals surface area contributed by atoms with E-state index >= 15 is 0 Å². The predicted octanol–water partition coefficient (Wildman–Crippen LogP) is 2.80. The molecule has 16 heavy (non-hydrogen) atoms. The maximum atomic E-state index is 4.16. The van der Waals surface area contributed by atoms with Crippen molar-refractivity contribution in [3.05, 3.63) is 30.1 Å². The van der Waals surface area contributed by atoms with E-state index in [1.54, 1.807) is 0 Å². The zero-order valence-electron chi connectivity index (χ0n) is 10.1. The molecule has 1 aromatic rings. The summed E-state index contributed by atoms with van der Waals surface area (Å²) in [5.74, 6) is 0. The second kappa shape index (κ2) is 5.69. The summed E-state index contributed by atoms with van der Waals surface area (Å²) in [6.07, 6.45) is 10.1. The highest BCUT2D eigenvalue weighted by Gasteiger charge is 2.26. The third kappa shape index (κ3) is 2.98. The molecule has 0 radical (unpaired) electrons. The van der Waals surface area contributed by atoms with Crippen molar-refractivity contribution >= 4 is 11.8 Å². The van der Waals surface area contributed by atoms with Gasteiger partial charge in [-0.1, -0.05) is 6.07 Å². The molecular weight excluding hydrogens is 216 g/mol. The lowest BCUT2D eigenvalue weighted by molar-refractivity contribution is 0.237. The van der Waals surface area contributed by atoms with Crippen molar-refractivity contribution in [3.63, 3.8) is 0 Å². The van der Waals surface area contributed by atoms with Crippen LogP contribution in [0, 0.1) is 0 Å². The molecule has 0 aliphatic heterocycles. The van der Waals surface area contributed by atoms with Crippen molar-refractivity contribution in [1.29, 1.82) is 0 Å².